The Bertz CT molecular complexity index is 279. The standard InChI is InChI=1S/C15H28N2/c1-5-10-17-12-14(4,13-8-9-13)16-11-15(17,6-2)7-3/h5,13,16H,1,6-12H2,2-4H3. The predicted molar refractivity (Wildman–Crippen MR) is 74.2 cm³/mol. The molecule has 1 N–H and O–H groups in total. The molecule has 17 heavy (non-hydrogen) atoms. The second-order valence-electron chi connectivity index (χ2n) is 6.15. The molecule has 1 atom stereocenters. The van der Waals surface area contributed by atoms with Gasteiger partial charge in [-0.15, -0.1) is 6.58 Å². The molecule has 2 heteroatoms. The lowest BCUT2D eigenvalue weighted by Crippen LogP contribution is -2.69. The third kappa shape index (κ3) is 2.30. The van der Waals surface area contributed by atoms with Gasteiger partial charge in [0.05, 0.1) is 0 Å². The largest absolute Gasteiger partial charge is 0.308 e. The molecule has 0 aromatic rings. The number of nitrogens with one attached hydrogen (secondary N) is 1. The molecule has 0 radical (unpaired) electrons. The number of hydrogen-bond donors (Lipinski definition) is 1. The lowest BCUT2D eigenvalue weighted by Gasteiger charge is -2.53. The number of hydrogen-bond acceptors (Lipinski definition) is 2. The zero-order valence-electron chi connectivity index (χ0n) is 11.8. The molecular formula is C15H28N2. The number of nitrogens with zero attached hydrogens (tertiary/aromatic N) is 1. The topological polar surface area (TPSA) is 15.3 Å². The SMILES string of the molecule is C=CCN1CC(C)(C2CC2)NCC1(CC)CC. The Balaban J connectivity index is 2.14. The summed E-state index contributed by atoms with van der Waals surface area (Å²) in [6.07, 6.45) is 7.35. The first-order chi connectivity index (χ1) is 8.10. The van der Waals surface area contributed by atoms with Gasteiger partial charge in [-0.2, -0.15) is 0 Å². The Morgan fingerprint density at radius 2 is 2.00 bits per heavy atom. The van der Waals surface area contributed by atoms with E-state index in [0.29, 0.717) is 11.1 Å². The zero-order valence-corrected chi connectivity index (χ0v) is 11.8. The molecule has 1 heterocycles. The molecule has 1 saturated heterocycles. The van der Waals surface area contributed by atoms with Crippen molar-refractivity contribution in [3.8, 4) is 0 Å². The van der Waals surface area contributed by atoms with Gasteiger partial charge in [-0.1, -0.05) is 19.9 Å². The molecule has 1 aliphatic carbocycles. The monoisotopic (exact) mass is 236 g/mol. The molecule has 0 aromatic carbocycles. The molecule has 0 spiro atoms. The lowest BCUT2D eigenvalue weighted by molar-refractivity contribution is 0.00555. The Kier molecular flexibility index (Phi) is 3.65. The molecule has 0 bridgehead atoms. The molecule has 0 amide bonds. The molecule has 2 fully saturated rings. The molecule has 0 aromatic heterocycles. The van der Waals surface area contributed by atoms with Crippen LogP contribution in [-0.2, 0) is 0 Å². The summed E-state index contributed by atoms with van der Waals surface area (Å²) in [6, 6.07) is 0. The minimum Gasteiger partial charge on any atom is -0.308 e. The van der Waals surface area contributed by atoms with Crippen LogP contribution in [0.2, 0.25) is 0 Å². The molecule has 2 rings (SSSR count). The summed E-state index contributed by atoms with van der Waals surface area (Å²) in [5.41, 5.74) is 0.694. The summed E-state index contributed by atoms with van der Waals surface area (Å²) in [5, 5.41) is 3.86. The Labute approximate surface area is 106 Å². The second kappa shape index (κ2) is 4.74. The van der Waals surface area contributed by atoms with Crippen LogP contribution in [0.4, 0.5) is 0 Å². The fourth-order valence-electron chi connectivity index (χ4n) is 3.45. The van der Waals surface area contributed by atoms with E-state index < -0.39 is 0 Å². The van der Waals surface area contributed by atoms with Gasteiger partial charge in [-0.25, -0.2) is 0 Å². The van der Waals surface area contributed by atoms with E-state index in [0.717, 1.165) is 19.0 Å². The second-order valence-corrected chi connectivity index (χ2v) is 6.15. The van der Waals surface area contributed by atoms with Crippen molar-refractivity contribution < 1.29 is 0 Å². The average molecular weight is 236 g/mol. The third-order valence-corrected chi connectivity index (χ3v) is 5.16. The van der Waals surface area contributed by atoms with Crippen LogP contribution in [0.25, 0.3) is 0 Å². The van der Waals surface area contributed by atoms with Crippen molar-refractivity contribution in [1.29, 1.82) is 0 Å². The lowest BCUT2D eigenvalue weighted by atomic mass is 9.81. The average Bonchev–Trinajstić information content (AvgIpc) is 3.15. The molecule has 2 aliphatic rings. The predicted octanol–water partition coefficient (Wildman–Crippen LogP) is 2.81. The highest BCUT2D eigenvalue weighted by Gasteiger charge is 2.49. The first kappa shape index (κ1) is 13.1. The summed E-state index contributed by atoms with van der Waals surface area (Å²) in [7, 11) is 0. The first-order valence-corrected chi connectivity index (χ1v) is 7.21. The Hall–Kier alpha value is -0.340. The van der Waals surface area contributed by atoms with Crippen LogP contribution in [0.3, 0.4) is 0 Å². The highest BCUT2D eigenvalue weighted by atomic mass is 15.3. The molecule has 2 nitrogen and oxygen atoms in total. The van der Waals surface area contributed by atoms with E-state index in [2.05, 4.69) is 43.6 Å². The Morgan fingerprint density at radius 1 is 1.35 bits per heavy atom. The molecule has 1 saturated carbocycles. The maximum absolute atomic E-state index is 3.94. The van der Waals surface area contributed by atoms with E-state index >= 15 is 0 Å². The van der Waals surface area contributed by atoms with Gasteiger partial charge in [0.25, 0.3) is 0 Å². The van der Waals surface area contributed by atoms with Gasteiger partial charge < -0.3 is 5.32 Å². The third-order valence-electron chi connectivity index (χ3n) is 5.16. The fourth-order valence-corrected chi connectivity index (χ4v) is 3.45. The number of rotatable bonds is 5. The van der Waals surface area contributed by atoms with Crippen LogP contribution in [-0.4, -0.2) is 35.6 Å². The van der Waals surface area contributed by atoms with Gasteiger partial charge in [0.15, 0.2) is 0 Å². The Morgan fingerprint density at radius 3 is 2.47 bits per heavy atom. The van der Waals surface area contributed by atoms with Crippen molar-refractivity contribution in [2.75, 3.05) is 19.6 Å². The van der Waals surface area contributed by atoms with Crippen LogP contribution in [0, 0.1) is 5.92 Å². The van der Waals surface area contributed by atoms with Crippen molar-refractivity contribution in [2.45, 2.75) is 57.5 Å². The van der Waals surface area contributed by atoms with Crippen LogP contribution in [0.1, 0.15) is 46.5 Å². The highest BCUT2D eigenvalue weighted by molar-refractivity contribution is 5.09. The summed E-state index contributed by atoms with van der Waals surface area (Å²) >= 11 is 0. The summed E-state index contributed by atoms with van der Waals surface area (Å²) in [4.78, 5) is 2.68. The maximum atomic E-state index is 3.94. The van der Waals surface area contributed by atoms with Gasteiger partial charge in [0, 0.05) is 30.7 Å². The normalized spacial score (nSPS) is 33.6. The van der Waals surface area contributed by atoms with E-state index in [4.69, 9.17) is 0 Å². The van der Waals surface area contributed by atoms with Crippen LogP contribution >= 0.6 is 0 Å². The summed E-state index contributed by atoms with van der Waals surface area (Å²) < 4.78 is 0. The van der Waals surface area contributed by atoms with Gasteiger partial charge in [-0.3, -0.25) is 4.90 Å². The highest BCUT2D eigenvalue weighted by Crippen LogP contribution is 2.43. The fraction of sp³-hybridized carbons (Fsp3) is 0.867. The number of piperazine rings is 1. The smallest absolute Gasteiger partial charge is 0.0333 e. The van der Waals surface area contributed by atoms with Crippen molar-refractivity contribution in [3.05, 3.63) is 12.7 Å². The molecular weight excluding hydrogens is 208 g/mol. The minimum atomic E-state index is 0.344. The summed E-state index contributed by atoms with van der Waals surface area (Å²) in [5.74, 6) is 0.904. The molecule has 98 valence electrons. The van der Waals surface area contributed by atoms with Gasteiger partial charge in [0.1, 0.15) is 0 Å². The van der Waals surface area contributed by atoms with Gasteiger partial charge in [0.2, 0.25) is 0 Å². The zero-order chi connectivity index (χ0) is 12.5. The van der Waals surface area contributed by atoms with Crippen molar-refractivity contribution in [3.63, 3.8) is 0 Å². The molecule has 1 unspecified atom stereocenters. The van der Waals surface area contributed by atoms with E-state index in [1.807, 2.05) is 0 Å². The van der Waals surface area contributed by atoms with E-state index in [1.165, 1.54) is 32.2 Å². The minimum absolute atomic E-state index is 0.344. The summed E-state index contributed by atoms with van der Waals surface area (Å²) in [6.45, 7) is 14.3. The first-order valence-electron chi connectivity index (χ1n) is 7.21. The molecule has 1 aliphatic heterocycles. The van der Waals surface area contributed by atoms with E-state index in [1.54, 1.807) is 0 Å². The quantitative estimate of drug-likeness (QED) is 0.738. The van der Waals surface area contributed by atoms with Crippen molar-refractivity contribution in [2.24, 2.45) is 5.92 Å². The maximum Gasteiger partial charge on any atom is 0.0333 e. The van der Waals surface area contributed by atoms with E-state index in [9.17, 15) is 0 Å². The van der Waals surface area contributed by atoms with Crippen molar-refractivity contribution in [1.82, 2.24) is 10.2 Å². The van der Waals surface area contributed by atoms with E-state index in [-0.39, 0.29) is 0 Å². The van der Waals surface area contributed by atoms with Crippen molar-refractivity contribution >= 4 is 0 Å². The van der Waals surface area contributed by atoms with Gasteiger partial charge >= 0.3 is 0 Å². The van der Waals surface area contributed by atoms with Crippen LogP contribution in [0.15, 0.2) is 12.7 Å². The van der Waals surface area contributed by atoms with Crippen LogP contribution in [0.5, 0.6) is 0 Å². The van der Waals surface area contributed by atoms with Gasteiger partial charge in [-0.05, 0) is 38.5 Å². The van der Waals surface area contributed by atoms with Crippen LogP contribution < -0.4 is 5.32 Å².